The summed E-state index contributed by atoms with van der Waals surface area (Å²) in [6.45, 7) is 8.17. The number of hydrogen-bond donors (Lipinski definition) is 1. The van der Waals surface area contributed by atoms with E-state index < -0.39 is 0 Å². The minimum Gasteiger partial charge on any atom is -0.381 e. The maximum absolute atomic E-state index is 12.2. The maximum Gasteiger partial charge on any atom is 0.223 e. The molecule has 23 heavy (non-hydrogen) atoms. The first-order valence-corrected chi connectivity index (χ1v) is 8.53. The van der Waals surface area contributed by atoms with E-state index in [2.05, 4.69) is 34.0 Å². The molecular formula is C17H28N4O2. The van der Waals surface area contributed by atoms with E-state index in [1.54, 1.807) is 18.6 Å². The summed E-state index contributed by atoms with van der Waals surface area (Å²) in [5, 5.41) is 3.03. The zero-order valence-electron chi connectivity index (χ0n) is 14.2. The number of rotatable bonds is 8. The van der Waals surface area contributed by atoms with Gasteiger partial charge in [0.1, 0.15) is 5.82 Å². The molecule has 1 fully saturated rings. The predicted molar refractivity (Wildman–Crippen MR) is 90.3 cm³/mol. The molecule has 1 saturated heterocycles. The number of piperidine rings is 1. The Hall–Kier alpha value is -1.69. The number of hydrogen-bond acceptors (Lipinski definition) is 5. The smallest absolute Gasteiger partial charge is 0.223 e. The van der Waals surface area contributed by atoms with Gasteiger partial charge in [-0.1, -0.05) is 13.8 Å². The third kappa shape index (κ3) is 6.14. The Morgan fingerprint density at radius 1 is 1.39 bits per heavy atom. The molecule has 0 spiro atoms. The lowest BCUT2D eigenvalue weighted by Crippen LogP contribution is -2.41. The molecule has 0 atom stereocenters. The van der Waals surface area contributed by atoms with Crippen molar-refractivity contribution in [2.45, 2.75) is 33.1 Å². The van der Waals surface area contributed by atoms with E-state index in [-0.39, 0.29) is 11.8 Å². The number of aromatic nitrogens is 2. The van der Waals surface area contributed by atoms with Crippen LogP contribution in [0.4, 0.5) is 5.82 Å². The molecule has 6 heteroatoms. The van der Waals surface area contributed by atoms with Crippen LogP contribution in [-0.4, -0.2) is 48.7 Å². The van der Waals surface area contributed by atoms with E-state index in [9.17, 15) is 4.79 Å². The van der Waals surface area contributed by atoms with Gasteiger partial charge in [-0.15, -0.1) is 0 Å². The fourth-order valence-electron chi connectivity index (χ4n) is 2.67. The first-order valence-electron chi connectivity index (χ1n) is 8.53. The highest BCUT2D eigenvalue weighted by atomic mass is 16.5. The number of anilines is 1. The van der Waals surface area contributed by atoms with Crippen molar-refractivity contribution in [2.75, 3.05) is 37.7 Å². The fraction of sp³-hybridized carbons (Fsp3) is 0.706. The molecule has 0 aliphatic carbocycles. The van der Waals surface area contributed by atoms with E-state index in [4.69, 9.17) is 4.74 Å². The SMILES string of the molecule is CC(C)COCCCNC(=O)C1CCN(c2cnccn2)CC1. The number of nitrogens with zero attached hydrogens (tertiary/aromatic N) is 3. The molecule has 1 aromatic rings. The first kappa shape index (κ1) is 17.7. The zero-order valence-corrected chi connectivity index (χ0v) is 14.2. The van der Waals surface area contributed by atoms with Crippen molar-refractivity contribution < 1.29 is 9.53 Å². The number of ether oxygens (including phenoxy) is 1. The highest BCUT2D eigenvalue weighted by molar-refractivity contribution is 5.78. The van der Waals surface area contributed by atoms with Gasteiger partial charge < -0.3 is 15.0 Å². The molecule has 0 aromatic carbocycles. The lowest BCUT2D eigenvalue weighted by molar-refractivity contribution is -0.125. The molecule has 1 aromatic heterocycles. The Kier molecular flexibility index (Phi) is 7.26. The van der Waals surface area contributed by atoms with Gasteiger partial charge in [-0.05, 0) is 25.2 Å². The van der Waals surface area contributed by atoms with E-state index in [1.165, 1.54) is 0 Å². The van der Waals surface area contributed by atoms with E-state index >= 15 is 0 Å². The molecule has 6 nitrogen and oxygen atoms in total. The summed E-state index contributed by atoms with van der Waals surface area (Å²) in [7, 11) is 0. The van der Waals surface area contributed by atoms with Crippen LogP contribution < -0.4 is 10.2 Å². The minimum absolute atomic E-state index is 0.111. The van der Waals surface area contributed by atoms with Crippen LogP contribution in [-0.2, 0) is 9.53 Å². The Morgan fingerprint density at radius 3 is 2.83 bits per heavy atom. The molecule has 1 aliphatic rings. The van der Waals surface area contributed by atoms with Gasteiger partial charge in [0.15, 0.2) is 0 Å². The summed E-state index contributed by atoms with van der Waals surface area (Å²) in [6, 6.07) is 0. The van der Waals surface area contributed by atoms with Crippen molar-refractivity contribution >= 4 is 11.7 Å². The molecule has 0 bridgehead atoms. The largest absolute Gasteiger partial charge is 0.381 e. The summed E-state index contributed by atoms with van der Waals surface area (Å²) in [5.74, 6) is 1.74. The van der Waals surface area contributed by atoms with Gasteiger partial charge in [0.05, 0.1) is 6.20 Å². The van der Waals surface area contributed by atoms with Gasteiger partial charge in [0.2, 0.25) is 5.91 Å². The maximum atomic E-state index is 12.2. The van der Waals surface area contributed by atoms with Crippen molar-refractivity contribution in [1.29, 1.82) is 0 Å². The fourth-order valence-corrected chi connectivity index (χ4v) is 2.67. The predicted octanol–water partition coefficient (Wildman–Crippen LogP) is 1.87. The Balaban J connectivity index is 1.60. The highest BCUT2D eigenvalue weighted by Gasteiger charge is 2.25. The number of nitrogens with one attached hydrogen (secondary N) is 1. The molecule has 2 heterocycles. The molecule has 1 N–H and O–H groups in total. The van der Waals surface area contributed by atoms with Crippen LogP contribution in [0, 0.1) is 11.8 Å². The topological polar surface area (TPSA) is 67.3 Å². The Bertz CT molecular complexity index is 459. The summed E-state index contributed by atoms with van der Waals surface area (Å²) in [6.07, 6.45) is 7.76. The van der Waals surface area contributed by atoms with Crippen LogP contribution in [0.1, 0.15) is 33.1 Å². The molecule has 1 aliphatic heterocycles. The van der Waals surface area contributed by atoms with Crippen molar-refractivity contribution in [3.63, 3.8) is 0 Å². The van der Waals surface area contributed by atoms with E-state index in [0.717, 1.165) is 44.8 Å². The molecule has 128 valence electrons. The van der Waals surface area contributed by atoms with Gasteiger partial charge >= 0.3 is 0 Å². The second-order valence-corrected chi connectivity index (χ2v) is 6.44. The van der Waals surface area contributed by atoms with Crippen molar-refractivity contribution in [1.82, 2.24) is 15.3 Å². The van der Waals surface area contributed by atoms with Gasteiger partial charge in [0.25, 0.3) is 0 Å². The summed E-state index contributed by atoms with van der Waals surface area (Å²) in [4.78, 5) is 22.8. The summed E-state index contributed by atoms with van der Waals surface area (Å²) < 4.78 is 5.51. The van der Waals surface area contributed by atoms with Crippen molar-refractivity contribution in [3.8, 4) is 0 Å². The number of amides is 1. The van der Waals surface area contributed by atoms with E-state index in [1.807, 2.05) is 0 Å². The second-order valence-electron chi connectivity index (χ2n) is 6.44. The van der Waals surface area contributed by atoms with Crippen LogP contribution in [0.5, 0.6) is 0 Å². The highest BCUT2D eigenvalue weighted by Crippen LogP contribution is 2.21. The normalized spacial score (nSPS) is 15.9. The summed E-state index contributed by atoms with van der Waals surface area (Å²) >= 11 is 0. The molecule has 0 saturated carbocycles. The minimum atomic E-state index is 0.111. The Labute approximate surface area is 138 Å². The van der Waals surface area contributed by atoms with Crippen LogP contribution in [0.3, 0.4) is 0 Å². The van der Waals surface area contributed by atoms with Crippen LogP contribution in [0.15, 0.2) is 18.6 Å². The third-order valence-corrected chi connectivity index (χ3v) is 3.96. The standard InChI is InChI=1S/C17H28N4O2/c1-14(2)13-23-11-3-6-20-17(22)15-4-9-21(10-5-15)16-12-18-7-8-19-16/h7-8,12,14-15H,3-6,9-11,13H2,1-2H3,(H,20,22). The second kappa shape index (κ2) is 9.45. The average molecular weight is 320 g/mol. The quantitative estimate of drug-likeness (QED) is 0.741. The van der Waals surface area contributed by atoms with Gasteiger partial charge in [-0.2, -0.15) is 0 Å². The monoisotopic (exact) mass is 320 g/mol. The lowest BCUT2D eigenvalue weighted by atomic mass is 9.96. The van der Waals surface area contributed by atoms with Crippen LogP contribution >= 0.6 is 0 Å². The van der Waals surface area contributed by atoms with Crippen molar-refractivity contribution in [2.24, 2.45) is 11.8 Å². The first-order chi connectivity index (χ1) is 11.2. The number of carbonyl (C=O) groups excluding carboxylic acids is 1. The molecule has 0 unspecified atom stereocenters. The molecule has 2 rings (SSSR count). The average Bonchev–Trinajstić information content (AvgIpc) is 2.58. The van der Waals surface area contributed by atoms with Crippen molar-refractivity contribution in [3.05, 3.63) is 18.6 Å². The molecular weight excluding hydrogens is 292 g/mol. The van der Waals surface area contributed by atoms with Gasteiger partial charge in [0, 0.05) is 51.2 Å². The summed E-state index contributed by atoms with van der Waals surface area (Å²) in [5.41, 5.74) is 0. The lowest BCUT2D eigenvalue weighted by Gasteiger charge is -2.31. The van der Waals surface area contributed by atoms with Crippen LogP contribution in [0.25, 0.3) is 0 Å². The molecule has 1 amide bonds. The van der Waals surface area contributed by atoms with E-state index in [0.29, 0.717) is 19.1 Å². The third-order valence-electron chi connectivity index (χ3n) is 3.96. The van der Waals surface area contributed by atoms with Gasteiger partial charge in [-0.3, -0.25) is 9.78 Å². The Morgan fingerprint density at radius 2 is 2.17 bits per heavy atom. The van der Waals surface area contributed by atoms with Crippen LogP contribution in [0.2, 0.25) is 0 Å². The zero-order chi connectivity index (χ0) is 16.5. The van der Waals surface area contributed by atoms with Gasteiger partial charge in [-0.25, -0.2) is 4.98 Å². The number of carbonyl (C=O) groups is 1. The molecule has 0 radical (unpaired) electrons.